The molecule has 754 valence electrons. The highest BCUT2D eigenvalue weighted by Gasteiger charge is 2.36. The Morgan fingerprint density at radius 3 is 0.763 bits per heavy atom. The summed E-state index contributed by atoms with van der Waals surface area (Å²) >= 11 is 34.0. The molecule has 0 saturated heterocycles. The zero-order valence-corrected chi connectivity index (χ0v) is 82.6. The number of benzene rings is 8. The third-order valence-electron chi connectivity index (χ3n) is 14.4. The van der Waals surface area contributed by atoms with Crippen LogP contribution in [0.15, 0.2) is 72.8 Å². The van der Waals surface area contributed by atoms with Crippen LogP contribution in [0.1, 0.15) is 131 Å². The first-order valence-corrected chi connectivity index (χ1v) is 43.3. The van der Waals surface area contributed by atoms with E-state index >= 15 is 0 Å². The highest BCUT2D eigenvalue weighted by molar-refractivity contribution is 9.11. The molecule has 8 aromatic carbocycles. The molecule has 8 aromatic rings. The number of carboxylic acid groups (broad SMARTS) is 8. The highest BCUT2D eigenvalue weighted by atomic mass is 79.9. The van der Waals surface area contributed by atoms with Crippen LogP contribution in [0.5, 0.6) is 46.0 Å². The first-order chi connectivity index (χ1) is 63.9. The molecule has 0 heterocycles. The minimum absolute atomic E-state index is 0.0325. The Bertz CT molecular complexity index is 6040. The van der Waals surface area contributed by atoms with E-state index in [1.807, 2.05) is 0 Å². The van der Waals surface area contributed by atoms with E-state index in [4.69, 9.17) is 32.7 Å². The molecule has 3 atom stereocenters. The maximum absolute atomic E-state index is 13.4. The Hall–Kier alpha value is -11.6. The van der Waals surface area contributed by atoms with Crippen molar-refractivity contribution in [3.05, 3.63) is 232 Å². The van der Waals surface area contributed by atoms with Gasteiger partial charge in [-0.25, -0.2) is 39.5 Å². The lowest BCUT2D eigenvalue weighted by Gasteiger charge is -2.17. The van der Waals surface area contributed by atoms with Crippen LogP contribution in [0.2, 0.25) is 10.0 Å². The van der Waals surface area contributed by atoms with Gasteiger partial charge in [-0.1, -0.05) is 151 Å². The van der Waals surface area contributed by atoms with E-state index in [2.05, 4.69) is 156 Å². The van der Waals surface area contributed by atoms with E-state index in [1.54, 1.807) is 6.92 Å². The quantitative estimate of drug-likeness (QED) is 0.0179. The summed E-state index contributed by atoms with van der Waals surface area (Å²) < 4.78 is 272. The van der Waals surface area contributed by atoms with Crippen molar-refractivity contribution in [3.63, 3.8) is 0 Å². The van der Waals surface area contributed by atoms with E-state index < -0.39 is 297 Å². The van der Waals surface area contributed by atoms with Gasteiger partial charge in [0, 0.05) is 39.9 Å². The van der Waals surface area contributed by atoms with Crippen molar-refractivity contribution in [1.82, 2.24) is 0 Å². The average molecular weight is 2560 g/mol. The van der Waals surface area contributed by atoms with E-state index in [0.717, 1.165) is 36.4 Å². The molecule has 0 N–H and O–H groups in total. The number of alkyl halides is 8. The molecule has 0 aromatic heterocycles. The monoisotopic (exact) mass is 2550 g/mol. The molecular weight excluding hydrogens is 2510 g/mol. The highest BCUT2D eigenvalue weighted by Crippen LogP contribution is 2.36. The van der Waals surface area contributed by atoms with Crippen molar-refractivity contribution in [1.29, 1.82) is 0 Å². The molecule has 0 aliphatic carbocycles. The van der Waals surface area contributed by atoms with Gasteiger partial charge in [-0.2, -0.15) is 39.5 Å². The van der Waals surface area contributed by atoms with E-state index in [0.29, 0.717) is 0 Å². The summed E-state index contributed by atoms with van der Waals surface area (Å²) in [6, 6.07) is 12.4. The normalized spacial score (nSPS) is 11.1. The number of carbonyl (C=O) groups is 16. The van der Waals surface area contributed by atoms with Crippen molar-refractivity contribution < 1.29 is 234 Å². The van der Waals surface area contributed by atoms with Crippen LogP contribution in [0, 0.1) is 105 Å². The fourth-order valence-corrected chi connectivity index (χ4v) is 9.13. The van der Waals surface area contributed by atoms with Crippen molar-refractivity contribution in [2.45, 2.75) is 71.6 Å². The second kappa shape index (κ2) is 56.0. The molecule has 0 saturated carbocycles. The lowest BCUT2D eigenvalue weighted by atomic mass is 10.1. The van der Waals surface area contributed by atoms with Crippen LogP contribution < -0.4 is 78.7 Å². The van der Waals surface area contributed by atoms with Crippen LogP contribution in [0.3, 0.4) is 0 Å². The van der Waals surface area contributed by atoms with Gasteiger partial charge >= 0.3 is 47.8 Å². The number of hydrogen-bond acceptors (Lipinski definition) is 32. The molecule has 0 aliphatic heterocycles. The molecule has 0 amide bonds. The van der Waals surface area contributed by atoms with Gasteiger partial charge < -0.3 is 117 Å². The summed E-state index contributed by atoms with van der Waals surface area (Å²) in [6.45, 7) is 9.71. The third kappa shape index (κ3) is 36.6. The molecule has 0 radical (unpaired) electrons. The number of hydrogen-bond donors (Lipinski definition) is 0. The summed E-state index contributed by atoms with van der Waals surface area (Å²) in [5, 5.41) is 82.5. The van der Waals surface area contributed by atoms with Gasteiger partial charge in [0.2, 0.25) is 69.6 Å². The summed E-state index contributed by atoms with van der Waals surface area (Å²) in [5.74, 6) is -65.2. The van der Waals surface area contributed by atoms with Crippen LogP contribution in [-0.2, 0) is 38.4 Å². The maximum Gasteiger partial charge on any atom is 0.327 e. The summed E-state index contributed by atoms with van der Waals surface area (Å²) in [7, 11) is 0. The van der Waals surface area contributed by atoms with Crippen molar-refractivity contribution in [2.75, 3.05) is 16.0 Å². The molecule has 0 aliphatic rings. The lowest BCUT2D eigenvalue weighted by molar-refractivity contribution is -0.256. The van der Waals surface area contributed by atoms with Gasteiger partial charge in [-0.3, -0.25) is 38.4 Å². The van der Waals surface area contributed by atoms with Gasteiger partial charge in [0.15, 0.2) is 69.6 Å². The van der Waals surface area contributed by atoms with E-state index in [1.165, 1.54) is 77.9 Å². The molecule has 0 fully saturated rings. The van der Waals surface area contributed by atoms with Gasteiger partial charge in [-0.05, 0) is 109 Å². The SMILES string of the molecule is CC(Br)C(=O)Oc1c(F)c(F)c(C(=O)[O-])c(F)c1F.CC(Br)C(=O)Oc1ccc(C(=O)[O-])c(Cl)c1.CC(Br)C(=O)Oc1ccc(C(=O)[O-])c(F)c1F.CC(C)(Br)C(=O)Oc1c(F)c(F)c(C(=O)[O-])c(F)c1F.CC(C)(Br)C(=O)Oc1ccc(C(=O)[O-])c(F)c1F.O=C(CBr)Oc1c(F)c(F)c(C(=O)[O-])c(F)c1F.O=C(CBr)Oc1ccc(C(=O)[O-])c(Cl)c1.O=C(CBr)Oc1ccc(C(=O)[O-])c(F)c1F. The van der Waals surface area contributed by atoms with E-state index in [-0.39, 0.29) is 43.3 Å². The fourth-order valence-electron chi connectivity index (χ4n) is 7.85. The summed E-state index contributed by atoms with van der Waals surface area (Å²) in [4.78, 5) is 170. The molecule has 32 nitrogen and oxygen atoms in total. The first kappa shape index (κ1) is 125. The number of rotatable bonds is 24. The molecule has 3 unspecified atom stereocenters. The lowest BCUT2D eigenvalue weighted by Crippen LogP contribution is -2.31. The number of aromatic carboxylic acids is 8. The first-order valence-electron chi connectivity index (χ1n) is 34.9. The maximum atomic E-state index is 13.4. The number of halogens is 28. The number of esters is 8. The minimum Gasteiger partial charge on any atom is -0.545 e. The van der Waals surface area contributed by atoms with Crippen LogP contribution in [0.4, 0.5) is 79.0 Å². The number of carbonyl (C=O) groups excluding carboxylic acids is 16. The standard InChI is InChI=1S/C11H7BrF4O4.C11H9BrF2O4.C10H8BrClO4.C10H5BrF4O4.C10H7BrF2O4.C9H6BrClO4.C9H3BrF4O4.C9H5BrF2O4/c1-11(2,12)10(19)20-8-6(15)4(13)3(9(17)18)5(14)7(8)16;1-11(2,12)10(17)18-6-4-3-5(9(15)16)7(13)8(6)14;1-5(11)10(15)16-6-2-3-7(9(13)14)8(12)4-6;1-2(11)10(18)19-8-6(14)4(12)3(9(16)17)5(13)7(8)15;1-4(11)10(16)17-6-3-2-5(9(14)15)7(12)8(6)13;10-4-8(12)15-5-1-2-6(9(13)14)7(11)3-5;10-1-2(15)18-8-6(13)4(11)3(9(16)17)5(12)7(8)14;10-3-6(13)16-5-2-1-4(9(14)15)7(11)8(5)12/h1-2H3,(H,17,18);3-4H,1-2H3,(H,15,16);2-5H,1H3,(H,13,14);2H,1H3,(H,16,17);2-4H,1H3,(H,14,15);1-3H,4H2,(H,13,14);1H2,(H,16,17);1-2H,3H2,(H,14,15)/p-8. The van der Waals surface area contributed by atoms with Crippen molar-refractivity contribution in [2.24, 2.45) is 0 Å². The molecule has 0 spiro atoms. The number of ether oxygens (including phenoxy) is 8. The third-order valence-corrected chi connectivity index (χ3v) is 18.1. The Kier molecular flexibility index (Phi) is 50.6. The van der Waals surface area contributed by atoms with Crippen molar-refractivity contribution >= 4 is 246 Å². The fraction of sp³-hybridized carbons (Fsp3) is 0.190. The van der Waals surface area contributed by atoms with Crippen LogP contribution in [0.25, 0.3) is 0 Å². The average Bonchev–Trinajstić information content (AvgIpc) is 0.811. The second-order valence-corrected chi connectivity index (χ2v) is 35.9. The Morgan fingerprint density at radius 2 is 0.504 bits per heavy atom. The number of carboxylic acids is 8. The van der Waals surface area contributed by atoms with Gasteiger partial charge in [-0.15, -0.1) is 0 Å². The van der Waals surface area contributed by atoms with Gasteiger partial charge in [0.25, 0.3) is 0 Å². The van der Waals surface area contributed by atoms with E-state index in [9.17, 15) is 197 Å². The minimum atomic E-state index is -2.45. The van der Waals surface area contributed by atoms with Crippen molar-refractivity contribution in [3.8, 4) is 46.0 Å². The molecule has 0 bridgehead atoms. The Balaban J connectivity index is 0.000000795. The molecule has 139 heavy (non-hydrogen) atoms. The van der Waals surface area contributed by atoms with Crippen LogP contribution >= 0.6 is 151 Å². The summed E-state index contributed by atoms with van der Waals surface area (Å²) in [6.07, 6.45) is 0. The topological polar surface area (TPSA) is 531 Å². The van der Waals surface area contributed by atoms with Gasteiger partial charge in [0.05, 0.1) is 74.5 Å². The zero-order chi connectivity index (χ0) is 108. The second-order valence-electron chi connectivity index (χ2n) is 25.3. The van der Waals surface area contributed by atoms with Gasteiger partial charge in [0.1, 0.15) is 50.6 Å². The smallest absolute Gasteiger partial charge is 0.327 e. The Morgan fingerprint density at radius 1 is 0.281 bits per heavy atom. The molecular formula is C79H42Br8Cl2F18O32-8. The molecule has 8 rings (SSSR count). The predicted octanol–water partition coefficient (Wildman–Crippen LogP) is 9.34. The predicted molar refractivity (Wildman–Crippen MR) is 443 cm³/mol. The zero-order valence-electron chi connectivity index (χ0n) is 68.4. The summed E-state index contributed by atoms with van der Waals surface area (Å²) in [5.41, 5.74) is -8.84. The largest absolute Gasteiger partial charge is 0.545 e. The Labute approximate surface area is 840 Å². The molecule has 60 heteroatoms. The van der Waals surface area contributed by atoms with Crippen LogP contribution in [-0.4, -0.2) is 135 Å².